The van der Waals surface area contributed by atoms with Crippen molar-refractivity contribution in [3.05, 3.63) is 0 Å². The highest BCUT2D eigenvalue weighted by Gasteiger charge is 1.65. The van der Waals surface area contributed by atoms with Crippen LogP contribution in [-0.4, -0.2) is 18.3 Å². The summed E-state index contributed by atoms with van der Waals surface area (Å²) in [6.45, 7) is 5.32. The smallest absolute Gasteiger partial charge is 0.0330 e. The predicted molar refractivity (Wildman–Crippen MR) is 39.4 cm³/mol. The molecule has 0 atom stereocenters. The zero-order chi connectivity index (χ0) is 7.54. The first-order chi connectivity index (χ1) is 4.33. The Morgan fingerprint density at radius 3 is 1.78 bits per heavy atom. The fourth-order valence-electron chi connectivity index (χ4n) is 0.0645. The summed E-state index contributed by atoms with van der Waals surface area (Å²) in [6.07, 6.45) is 2.64. The average molecular weight is 134 g/mol. The number of rotatable bonds is 3. The van der Waals surface area contributed by atoms with Crippen LogP contribution in [0.1, 0.15) is 26.7 Å². The van der Waals surface area contributed by atoms with Crippen molar-refractivity contribution in [1.29, 1.82) is 0 Å². The van der Waals surface area contributed by atoms with Crippen LogP contribution in [0.2, 0.25) is 0 Å². The van der Waals surface area contributed by atoms with Crippen LogP contribution in [0, 0.1) is 0 Å². The monoisotopic (exact) mass is 134 g/mol. The van der Waals surface area contributed by atoms with Crippen LogP contribution < -0.4 is 11.2 Å². The van der Waals surface area contributed by atoms with Crippen molar-refractivity contribution >= 4 is 0 Å². The molecule has 0 saturated heterocycles. The summed E-state index contributed by atoms with van der Waals surface area (Å²) in [7, 11) is 0. The second-order valence-corrected chi connectivity index (χ2v) is 1.70. The van der Waals surface area contributed by atoms with Gasteiger partial charge in [-0.25, -0.2) is 5.48 Å². The van der Waals surface area contributed by atoms with E-state index >= 15 is 0 Å². The Bertz CT molecular complexity index is 30.2. The molecule has 0 bridgehead atoms. The van der Waals surface area contributed by atoms with Gasteiger partial charge in [0.2, 0.25) is 0 Å². The van der Waals surface area contributed by atoms with E-state index in [9.17, 15) is 0 Å². The van der Waals surface area contributed by atoms with Gasteiger partial charge in [0, 0.05) is 13.1 Å². The largest absolute Gasteiger partial charge is 0.329 e. The molecule has 0 fully saturated rings. The van der Waals surface area contributed by atoms with E-state index in [0.717, 1.165) is 0 Å². The number of unbranched alkanes of at least 4 members (excludes halogenated alkanes) is 1. The molecule has 0 aliphatic heterocycles. The molecule has 58 valence electrons. The van der Waals surface area contributed by atoms with Crippen LogP contribution in [0.5, 0.6) is 0 Å². The molecule has 3 heteroatoms. The van der Waals surface area contributed by atoms with E-state index in [-0.39, 0.29) is 0 Å². The number of hydroxylamine groups is 1. The summed E-state index contributed by atoms with van der Waals surface area (Å²) in [5.74, 6) is 0. The molecule has 0 aromatic carbocycles. The molecular formula is C6H18N2O. The van der Waals surface area contributed by atoms with Crippen LogP contribution in [0.25, 0.3) is 0 Å². The van der Waals surface area contributed by atoms with Gasteiger partial charge < -0.3 is 10.9 Å². The Morgan fingerprint density at radius 2 is 1.78 bits per heavy atom. The van der Waals surface area contributed by atoms with Crippen molar-refractivity contribution in [2.24, 2.45) is 5.73 Å². The topological polar surface area (TPSA) is 58.3 Å². The Morgan fingerprint density at radius 1 is 1.33 bits per heavy atom. The van der Waals surface area contributed by atoms with Gasteiger partial charge in [0.15, 0.2) is 0 Å². The molecule has 0 aliphatic rings. The molecule has 0 heterocycles. The SMILES string of the molecule is CCCC.NCCNO. The van der Waals surface area contributed by atoms with Gasteiger partial charge >= 0.3 is 0 Å². The van der Waals surface area contributed by atoms with Crippen LogP contribution in [-0.2, 0) is 0 Å². The maximum atomic E-state index is 7.74. The molecule has 3 nitrogen and oxygen atoms in total. The third-order valence-corrected chi connectivity index (χ3v) is 0.756. The lowest BCUT2D eigenvalue weighted by molar-refractivity contribution is 0.170. The van der Waals surface area contributed by atoms with Gasteiger partial charge in [0.05, 0.1) is 0 Å². The van der Waals surface area contributed by atoms with Gasteiger partial charge in [0.1, 0.15) is 0 Å². The van der Waals surface area contributed by atoms with Crippen molar-refractivity contribution in [3.8, 4) is 0 Å². The predicted octanol–water partition coefficient (Wildman–Crippen LogP) is 0.730. The lowest BCUT2D eigenvalue weighted by Crippen LogP contribution is -2.17. The van der Waals surface area contributed by atoms with E-state index in [1.54, 1.807) is 0 Å². The number of hydrogen-bond donors (Lipinski definition) is 3. The van der Waals surface area contributed by atoms with Crippen molar-refractivity contribution in [2.75, 3.05) is 13.1 Å². The minimum Gasteiger partial charge on any atom is -0.329 e. The molecule has 0 aliphatic carbocycles. The number of nitrogens with two attached hydrogens (primary N) is 1. The first-order valence-electron chi connectivity index (χ1n) is 3.40. The second kappa shape index (κ2) is 15.7. The summed E-state index contributed by atoms with van der Waals surface area (Å²) in [5, 5.41) is 7.74. The zero-order valence-electron chi connectivity index (χ0n) is 6.35. The standard InChI is InChI=1S/C4H10.C2H8N2O/c1-3-4-2;3-1-2-4-5/h3-4H2,1-2H3;4-5H,1-3H2. The molecule has 0 amide bonds. The van der Waals surface area contributed by atoms with Gasteiger partial charge in [-0.3, -0.25) is 0 Å². The highest BCUT2D eigenvalue weighted by molar-refractivity contribution is 4.28. The number of hydrogen-bond acceptors (Lipinski definition) is 3. The van der Waals surface area contributed by atoms with E-state index < -0.39 is 0 Å². The van der Waals surface area contributed by atoms with Crippen LogP contribution in [0.15, 0.2) is 0 Å². The third-order valence-electron chi connectivity index (χ3n) is 0.756. The summed E-state index contributed by atoms with van der Waals surface area (Å²) >= 11 is 0. The average Bonchev–Trinajstić information content (AvgIpc) is 1.91. The molecule has 9 heavy (non-hydrogen) atoms. The Kier molecular flexibility index (Phi) is 20.3. The maximum Gasteiger partial charge on any atom is 0.0330 e. The number of nitrogens with one attached hydrogen (secondary N) is 1. The molecule has 0 aromatic rings. The lowest BCUT2D eigenvalue weighted by Gasteiger charge is -1.84. The van der Waals surface area contributed by atoms with Gasteiger partial charge in [-0.1, -0.05) is 26.7 Å². The summed E-state index contributed by atoms with van der Waals surface area (Å²) < 4.78 is 0. The van der Waals surface area contributed by atoms with Crippen LogP contribution in [0.4, 0.5) is 0 Å². The van der Waals surface area contributed by atoms with Crippen LogP contribution in [0.3, 0.4) is 0 Å². The van der Waals surface area contributed by atoms with Gasteiger partial charge in [-0.15, -0.1) is 0 Å². The van der Waals surface area contributed by atoms with E-state index in [4.69, 9.17) is 10.9 Å². The molecule has 0 saturated carbocycles. The van der Waals surface area contributed by atoms with Crippen molar-refractivity contribution in [3.63, 3.8) is 0 Å². The summed E-state index contributed by atoms with van der Waals surface area (Å²) in [5.41, 5.74) is 6.81. The Hall–Kier alpha value is -0.120. The quantitative estimate of drug-likeness (QED) is 0.499. The molecule has 0 aromatic heterocycles. The fourth-order valence-corrected chi connectivity index (χ4v) is 0.0645. The van der Waals surface area contributed by atoms with Crippen molar-refractivity contribution in [1.82, 2.24) is 5.48 Å². The normalized spacial score (nSPS) is 8.00. The minimum atomic E-state index is 0.472. The fraction of sp³-hybridized carbons (Fsp3) is 1.00. The Labute approximate surface area is 57.2 Å². The molecule has 0 radical (unpaired) electrons. The van der Waals surface area contributed by atoms with Crippen LogP contribution >= 0.6 is 0 Å². The molecule has 4 N–H and O–H groups in total. The van der Waals surface area contributed by atoms with Gasteiger partial charge in [-0.2, -0.15) is 0 Å². The highest BCUT2D eigenvalue weighted by atomic mass is 16.5. The van der Waals surface area contributed by atoms with E-state index in [2.05, 4.69) is 13.8 Å². The highest BCUT2D eigenvalue weighted by Crippen LogP contribution is 1.76. The van der Waals surface area contributed by atoms with Gasteiger partial charge in [0.25, 0.3) is 0 Å². The first kappa shape index (κ1) is 11.6. The van der Waals surface area contributed by atoms with E-state index in [0.29, 0.717) is 13.1 Å². The third kappa shape index (κ3) is 32.8. The van der Waals surface area contributed by atoms with Crippen molar-refractivity contribution < 1.29 is 5.21 Å². The van der Waals surface area contributed by atoms with E-state index in [1.165, 1.54) is 12.8 Å². The van der Waals surface area contributed by atoms with E-state index in [1.807, 2.05) is 5.48 Å². The second-order valence-electron chi connectivity index (χ2n) is 1.70. The van der Waals surface area contributed by atoms with Gasteiger partial charge in [-0.05, 0) is 0 Å². The van der Waals surface area contributed by atoms with Crippen molar-refractivity contribution in [2.45, 2.75) is 26.7 Å². The summed E-state index contributed by atoms with van der Waals surface area (Å²) in [4.78, 5) is 0. The molecule has 0 rings (SSSR count). The molecular weight excluding hydrogens is 116 g/mol. The lowest BCUT2D eigenvalue weighted by atomic mass is 10.4. The minimum absolute atomic E-state index is 0.472. The summed E-state index contributed by atoms with van der Waals surface area (Å²) in [6, 6.07) is 0. The molecule has 0 unspecified atom stereocenters. The first-order valence-corrected chi connectivity index (χ1v) is 3.40. The maximum absolute atomic E-state index is 7.74. The zero-order valence-corrected chi connectivity index (χ0v) is 6.35. The Balaban J connectivity index is 0. The molecule has 0 spiro atoms.